The average molecular weight is 316 g/mol. The highest BCUT2D eigenvalue weighted by molar-refractivity contribution is 7.09. The van der Waals surface area contributed by atoms with Crippen molar-refractivity contribution in [1.82, 2.24) is 4.98 Å². The molecule has 1 unspecified atom stereocenters. The van der Waals surface area contributed by atoms with Crippen LogP contribution in [0.2, 0.25) is 5.02 Å². The van der Waals surface area contributed by atoms with Gasteiger partial charge in [-0.2, -0.15) is 0 Å². The van der Waals surface area contributed by atoms with Gasteiger partial charge in [-0.25, -0.2) is 4.98 Å². The molecule has 0 aliphatic carbocycles. The van der Waals surface area contributed by atoms with Gasteiger partial charge in [0, 0.05) is 22.4 Å². The summed E-state index contributed by atoms with van der Waals surface area (Å²) < 4.78 is 0. The van der Waals surface area contributed by atoms with E-state index >= 15 is 0 Å². The number of aliphatic hydroxyl groups is 1. The molecular weight excluding hydrogens is 302 g/mol. The molecule has 106 valence electrons. The van der Waals surface area contributed by atoms with E-state index in [2.05, 4.69) is 4.98 Å². The van der Waals surface area contributed by atoms with Gasteiger partial charge in [0.15, 0.2) is 0 Å². The zero-order valence-corrected chi connectivity index (χ0v) is 12.8. The van der Waals surface area contributed by atoms with Crippen molar-refractivity contribution in [1.29, 1.82) is 0 Å². The number of aliphatic hydroxyl groups excluding tert-OH is 1. The van der Waals surface area contributed by atoms with E-state index in [9.17, 15) is 5.11 Å². The Hall–Kier alpha value is -1.68. The Morgan fingerprint density at radius 1 is 1.05 bits per heavy atom. The van der Waals surface area contributed by atoms with Crippen LogP contribution < -0.4 is 0 Å². The van der Waals surface area contributed by atoms with Crippen LogP contribution >= 0.6 is 22.9 Å². The summed E-state index contributed by atoms with van der Waals surface area (Å²) in [5.41, 5.74) is 2.78. The predicted octanol–water partition coefficient (Wildman–Crippen LogP) is 4.74. The quantitative estimate of drug-likeness (QED) is 0.754. The second-order valence-electron chi connectivity index (χ2n) is 4.73. The van der Waals surface area contributed by atoms with Crippen LogP contribution in [-0.4, -0.2) is 10.1 Å². The van der Waals surface area contributed by atoms with E-state index in [-0.39, 0.29) is 0 Å². The molecule has 1 aromatic heterocycles. The lowest BCUT2D eigenvalue weighted by Gasteiger charge is -2.10. The molecule has 4 heteroatoms. The van der Waals surface area contributed by atoms with Crippen molar-refractivity contribution in [3.63, 3.8) is 0 Å². The third kappa shape index (κ3) is 3.32. The Bertz CT molecular complexity index is 726. The van der Waals surface area contributed by atoms with Crippen molar-refractivity contribution in [3.05, 3.63) is 75.6 Å². The lowest BCUT2D eigenvalue weighted by atomic mass is 10.1. The third-order valence-electron chi connectivity index (χ3n) is 3.25. The fourth-order valence-corrected chi connectivity index (χ4v) is 3.27. The molecule has 0 aliphatic heterocycles. The molecule has 0 spiro atoms. The molecule has 1 atom stereocenters. The maximum absolute atomic E-state index is 10.3. The number of nitrogens with zero attached hydrogens (tertiary/aromatic N) is 1. The highest BCUT2D eigenvalue weighted by atomic mass is 35.5. The average Bonchev–Trinajstić information content (AvgIpc) is 2.97. The number of aromatic nitrogens is 1. The predicted molar refractivity (Wildman–Crippen MR) is 87.7 cm³/mol. The molecule has 2 nitrogen and oxygen atoms in total. The fourth-order valence-electron chi connectivity index (χ4n) is 2.17. The second-order valence-corrected chi connectivity index (χ2v) is 6.08. The van der Waals surface area contributed by atoms with Crippen molar-refractivity contribution in [2.75, 3.05) is 0 Å². The summed E-state index contributed by atoms with van der Waals surface area (Å²) in [7, 11) is 0. The molecule has 1 N–H and O–H groups in total. The molecule has 0 saturated heterocycles. The molecule has 1 heterocycles. The monoisotopic (exact) mass is 315 g/mol. The normalized spacial score (nSPS) is 12.3. The Kier molecular flexibility index (Phi) is 4.34. The third-order valence-corrected chi connectivity index (χ3v) is 4.47. The molecule has 0 bridgehead atoms. The number of thiazole rings is 1. The van der Waals surface area contributed by atoms with Gasteiger partial charge in [0.2, 0.25) is 0 Å². The van der Waals surface area contributed by atoms with E-state index in [0.717, 1.165) is 21.8 Å². The van der Waals surface area contributed by atoms with Crippen LogP contribution in [0.4, 0.5) is 0 Å². The van der Waals surface area contributed by atoms with Gasteiger partial charge in [0.1, 0.15) is 0 Å². The molecule has 2 aromatic carbocycles. The van der Waals surface area contributed by atoms with Crippen molar-refractivity contribution >= 4 is 22.9 Å². The SMILES string of the molecule is OC(Cc1nc(-c2ccccc2)cs1)c1ccccc1Cl. The minimum atomic E-state index is -0.631. The zero-order chi connectivity index (χ0) is 14.7. The van der Waals surface area contributed by atoms with Crippen LogP contribution in [0, 0.1) is 0 Å². The first-order chi connectivity index (χ1) is 10.2. The van der Waals surface area contributed by atoms with Gasteiger partial charge < -0.3 is 5.11 Å². The Morgan fingerprint density at radius 2 is 1.76 bits per heavy atom. The Morgan fingerprint density at radius 3 is 2.52 bits per heavy atom. The molecule has 3 rings (SSSR count). The smallest absolute Gasteiger partial charge is 0.0961 e. The first-order valence-corrected chi connectivity index (χ1v) is 7.92. The van der Waals surface area contributed by atoms with Gasteiger partial charge in [-0.3, -0.25) is 0 Å². The van der Waals surface area contributed by atoms with Gasteiger partial charge in [-0.1, -0.05) is 60.1 Å². The van der Waals surface area contributed by atoms with E-state index in [0.29, 0.717) is 11.4 Å². The van der Waals surface area contributed by atoms with Gasteiger partial charge >= 0.3 is 0 Å². The maximum Gasteiger partial charge on any atom is 0.0961 e. The zero-order valence-electron chi connectivity index (χ0n) is 11.2. The first-order valence-electron chi connectivity index (χ1n) is 6.66. The summed E-state index contributed by atoms with van der Waals surface area (Å²) in [5.74, 6) is 0. The fraction of sp³-hybridized carbons (Fsp3) is 0.118. The molecule has 21 heavy (non-hydrogen) atoms. The first kappa shape index (κ1) is 14.3. The topological polar surface area (TPSA) is 33.1 Å². The molecule has 0 amide bonds. The van der Waals surface area contributed by atoms with Crippen molar-refractivity contribution < 1.29 is 5.11 Å². The summed E-state index contributed by atoms with van der Waals surface area (Å²) >= 11 is 7.67. The van der Waals surface area contributed by atoms with Crippen LogP contribution in [0.15, 0.2) is 60.0 Å². The van der Waals surface area contributed by atoms with Gasteiger partial charge in [-0.15, -0.1) is 11.3 Å². The van der Waals surface area contributed by atoms with Crippen molar-refractivity contribution in [2.24, 2.45) is 0 Å². The highest BCUT2D eigenvalue weighted by Gasteiger charge is 2.14. The minimum Gasteiger partial charge on any atom is -0.388 e. The van der Waals surface area contributed by atoms with Gasteiger partial charge in [0.05, 0.1) is 16.8 Å². The Labute approximate surface area is 132 Å². The van der Waals surface area contributed by atoms with Crippen molar-refractivity contribution in [2.45, 2.75) is 12.5 Å². The number of rotatable bonds is 4. The molecule has 0 radical (unpaired) electrons. The van der Waals surface area contributed by atoms with Gasteiger partial charge in [-0.05, 0) is 11.6 Å². The number of hydrogen-bond donors (Lipinski definition) is 1. The van der Waals surface area contributed by atoms with Gasteiger partial charge in [0.25, 0.3) is 0 Å². The molecule has 0 aliphatic rings. The summed E-state index contributed by atoms with van der Waals surface area (Å²) in [5, 5.41) is 13.8. The van der Waals surface area contributed by atoms with E-state index in [4.69, 9.17) is 11.6 Å². The van der Waals surface area contributed by atoms with E-state index in [1.54, 1.807) is 17.4 Å². The largest absolute Gasteiger partial charge is 0.388 e. The molecule has 3 aromatic rings. The van der Waals surface area contributed by atoms with Crippen LogP contribution in [-0.2, 0) is 6.42 Å². The Balaban J connectivity index is 1.77. The van der Waals surface area contributed by atoms with Crippen LogP contribution in [0.3, 0.4) is 0 Å². The summed E-state index contributed by atoms with van der Waals surface area (Å²) in [6, 6.07) is 17.4. The minimum absolute atomic E-state index is 0.473. The second kappa shape index (κ2) is 6.39. The van der Waals surface area contributed by atoms with Crippen LogP contribution in [0.1, 0.15) is 16.7 Å². The van der Waals surface area contributed by atoms with Crippen LogP contribution in [0.5, 0.6) is 0 Å². The molecule has 0 fully saturated rings. The summed E-state index contributed by atoms with van der Waals surface area (Å²) in [6.45, 7) is 0. The standard InChI is InChI=1S/C17H14ClNOS/c18-14-9-5-4-8-13(14)16(20)10-17-19-15(11-21-17)12-6-2-1-3-7-12/h1-9,11,16,20H,10H2. The lowest BCUT2D eigenvalue weighted by molar-refractivity contribution is 0.178. The van der Waals surface area contributed by atoms with Crippen molar-refractivity contribution in [3.8, 4) is 11.3 Å². The van der Waals surface area contributed by atoms with E-state index in [1.165, 1.54) is 0 Å². The number of halogens is 1. The lowest BCUT2D eigenvalue weighted by Crippen LogP contribution is -2.02. The number of hydrogen-bond acceptors (Lipinski definition) is 3. The molecule has 0 saturated carbocycles. The highest BCUT2D eigenvalue weighted by Crippen LogP contribution is 2.28. The number of benzene rings is 2. The molecular formula is C17H14ClNOS. The van der Waals surface area contributed by atoms with E-state index < -0.39 is 6.10 Å². The van der Waals surface area contributed by atoms with Crippen LogP contribution in [0.25, 0.3) is 11.3 Å². The maximum atomic E-state index is 10.3. The summed E-state index contributed by atoms with van der Waals surface area (Å²) in [6.07, 6.45) is -0.158. The van der Waals surface area contributed by atoms with E-state index in [1.807, 2.05) is 53.9 Å². The summed E-state index contributed by atoms with van der Waals surface area (Å²) in [4.78, 5) is 4.59.